The summed E-state index contributed by atoms with van der Waals surface area (Å²) in [4.78, 5) is 17.0. The van der Waals surface area contributed by atoms with Gasteiger partial charge in [-0.2, -0.15) is 10.2 Å². The monoisotopic (exact) mass is 421 g/mol. The second-order valence-corrected chi connectivity index (χ2v) is 8.05. The Morgan fingerprint density at radius 2 is 1.81 bits per heavy atom. The van der Waals surface area contributed by atoms with Crippen LogP contribution < -0.4 is 5.56 Å². The number of aromatic nitrogens is 5. The molecule has 0 saturated heterocycles. The third-order valence-electron chi connectivity index (χ3n) is 5.58. The first-order valence-corrected chi connectivity index (χ1v) is 10.6. The summed E-state index contributed by atoms with van der Waals surface area (Å²) in [6, 6.07) is 19.9. The summed E-state index contributed by atoms with van der Waals surface area (Å²) in [5.74, 6) is 0. The molecule has 0 aliphatic heterocycles. The van der Waals surface area contributed by atoms with E-state index in [2.05, 4.69) is 39.4 Å². The fourth-order valence-electron chi connectivity index (χ4n) is 3.87. The standard InChI is InChI=1S/C26H23N5O/c1-18-4-3-5-20(12-18)25-8-9-26(32)31(29-25)11-10-19-6-7-24-21(13-19)14-22(15-27-24)23-16-28-30(2)17-23/h3-9,12-17H,10-11H2,1-2H3. The average Bonchev–Trinajstić information content (AvgIpc) is 3.24. The first-order chi connectivity index (χ1) is 15.5. The summed E-state index contributed by atoms with van der Waals surface area (Å²) in [6.07, 6.45) is 6.40. The highest BCUT2D eigenvalue weighted by Crippen LogP contribution is 2.23. The number of rotatable bonds is 5. The zero-order valence-electron chi connectivity index (χ0n) is 18.1. The van der Waals surface area contributed by atoms with Crippen molar-refractivity contribution < 1.29 is 0 Å². The van der Waals surface area contributed by atoms with Crippen molar-refractivity contribution in [1.29, 1.82) is 0 Å². The van der Waals surface area contributed by atoms with Gasteiger partial charge in [0.1, 0.15) is 0 Å². The Labute approximate surface area is 185 Å². The average molecular weight is 422 g/mol. The maximum absolute atomic E-state index is 12.4. The van der Waals surface area contributed by atoms with E-state index in [1.165, 1.54) is 0 Å². The van der Waals surface area contributed by atoms with Gasteiger partial charge < -0.3 is 0 Å². The molecule has 5 aromatic rings. The fourth-order valence-corrected chi connectivity index (χ4v) is 3.87. The predicted molar refractivity (Wildman–Crippen MR) is 126 cm³/mol. The summed E-state index contributed by atoms with van der Waals surface area (Å²) in [5, 5.41) is 9.91. The van der Waals surface area contributed by atoms with Gasteiger partial charge in [0.2, 0.25) is 0 Å². The summed E-state index contributed by atoms with van der Waals surface area (Å²) >= 11 is 0. The van der Waals surface area contributed by atoms with Crippen molar-refractivity contribution >= 4 is 10.9 Å². The quantitative estimate of drug-likeness (QED) is 0.422. The minimum absolute atomic E-state index is 0.0947. The molecular formula is C26H23N5O. The molecule has 0 atom stereocenters. The van der Waals surface area contributed by atoms with Crippen LogP contribution >= 0.6 is 0 Å². The molecule has 0 N–H and O–H groups in total. The Morgan fingerprint density at radius 3 is 2.62 bits per heavy atom. The molecule has 32 heavy (non-hydrogen) atoms. The van der Waals surface area contributed by atoms with Gasteiger partial charge in [0.05, 0.1) is 17.4 Å². The Balaban J connectivity index is 1.40. The summed E-state index contributed by atoms with van der Waals surface area (Å²) in [5.41, 5.74) is 7.04. The Bertz CT molecular complexity index is 1480. The van der Waals surface area contributed by atoms with Gasteiger partial charge in [-0.3, -0.25) is 14.5 Å². The van der Waals surface area contributed by atoms with Crippen LogP contribution in [0.2, 0.25) is 0 Å². The molecule has 6 nitrogen and oxygen atoms in total. The highest BCUT2D eigenvalue weighted by Gasteiger charge is 2.07. The first-order valence-electron chi connectivity index (χ1n) is 10.6. The van der Waals surface area contributed by atoms with Gasteiger partial charge in [0.15, 0.2) is 0 Å². The third-order valence-corrected chi connectivity index (χ3v) is 5.58. The van der Waals surface area contributed by atoms with Crippen molar-refractivity contribution in [2.75, 3.05) is 0 Å². The Hall–Kier alpha value is -4.06. The maximum atomic E-state index is 12.4. The van der Waals surface area contributed by atoms with Gasteiger partial charge in [-0.15, -0.1) is 0 Å². The number of fused-ring (bicyclic) bond motifs is 1. The molecule has 3 heterocycles. The number of benzene rings is 2. The van der Waals surface area contributed by atoms with Crippen LogP contribution in [0.15, 0.2) is 84.0 Å². The van der Waals surface area contributed by atoms with Crippen molar-refractivity contribution in [3.63, 3.8) is 0 Å². The van der Waals surface area contributed by atoms with Crippen molar-refractivity contribution in [2.24, 2.45) is 7.05 Å². The van der Waals surface area contributed by atoms with Crippen LogP contribution in [-0.2, 0) is 20.0 Å². The van der Waals surface area contributed by atoms with E-state index in [1.807, 2.05) is 56.8 Å². The van der Waals surface area contributed by atoms with E-state index >= 15 is 0 Å². The van der Waals surface area contributed by atoms with Crippen LogP contribution in [-0.4, -0.2) is 24.5 Å². The van der Waals surface area contributed by atoms with E-state index in [4.69, 9.17) is 0 Å². The molecule has 0 radical (unpaired) electrons. The van der Waals surface area contributed by atoms with E-state index in [0.717, 1.165) is 44.4 Å². The van der Waals surface area contributed by atoms with Gasteiger partial charge >= 0.3 is 0 Å². The van der Waals surface area contributed by atoms with Crippen LogP contribution in [0.1, 0.15) is 11.1 Å². The van der Waals surface area contributed by atoms with Crippen LogP contribution in [0.5, 0.6) is 0 Å². The second-order valence-electron chi connectivity index (χ2n) is 8.05. The zero-order chi connectivity index (χ0) is 22.1. The van der Waals surface area contributed by atoms with Gasteiger partial charge in [-0.25, -0.2) is 4.68 Å². The molecule has 6 heteroatoms. The maximum Gasteiger partial charge on any atom is 0.266 e. The number of hydrogen-bond donors (Lipinski definition) is 0. The molecule has 0 fully saturated rings. The minimum atomic E-state index is -0.0947. The summed E-state index contributed by atoms with van der Waals surface area (Å²) in [6.45, 7) is 2.56. The number of hydrogen-bond acceptors (Lipinski definition) is 4. The Kier molecular flexibility index (Phi) is 5.11. The lowest BCUT2D eigenvalue weighted by molar-refractivity contribution is 0.581. The van der Waals surface area contributed by atoms with E-state index < -0.39 is 0 Å². The molecule has 3 aromatic heterocycles. The van der Waals surface area contributed by atoms with Crippen molar-refractivity contribution in [3.8, 4) is 22.4 Å². The minimum Gasteiger partial charge on any atom is -0.275 e. The lowest BCUT2D eigenvalue weighted by Crippen LogP contribution is -2.23. The predicted octanol–water partition coefficient (Wildman–Crippen LogP) is 4.41. The lowest BCUT2D eigenvalue weighted by Gasteiger charge is -2.09. The molecule has 0 saturated carbocycles. The SMILES string of the molecule is Cc1cccc(-c2ccc(=O)n(CCc3ccc4ncc(-c5cnn(C)c5)cc4c3)n2)c1. The summed E-state index contributed by atoms with van der Waals surface area (Å²) in [7, 11) is 1.90. The molecule has 0 aliphatic rings. The molecule has 0 bridgehead atoms. The second kappa shape index (κ2) is 8.23. The lowest BCUT2D eigenvalue weighted by atomic mass is 10.1. The topological polar surface area (TPSA) is 65.6 Å². The number of aryl methyl sites for hydroxylation is 4. The molecule has 5 rings (SSSR count). The van der Waals surface area contributed by atoms with E-state index in [-0.39, 0.29) is 5.56 Å². The van der Waals surface area contributed by atoms with Gasteiger partial charge in [0, 0.05) is 54.1 Å². The van der Waals surface area contributed by atoms with Crippen LogP contribution in [0.4, 0.5) is 0 Å². The highest BCUT2D eigenvalue weighted by atomic mass is 16.1. The van der Waals surface area contributed by atoms with Crippen molar-refractivity contribution in [3.05, 3.63) is 101 Å². The normalized spacial score (nSPS) is 11.2. The van der Waals surface area contributed by atoms with E-state index in [0.29, 0.717) is 13.0 Å². The third kappa shape index (κ3) is 4.07. The van der Waals surface area contributed by atoms with Crippen LogP contribution in [0, 0.1) is 6.92 Å². The van der Waals surface area contributed by atoms with Crippen LogP contribution in [0.25, 0.3) is 33.3 Å². The first kappa shape index (κ1) is 19.9. The zero-order valence-corrected chi connectivity index (χ0v) is 18.1. The highest BCUT2D eigenvalue weighted by molar-refractivity contribution is 5.83. The largest absolute Gasteiger partial charge is 0.275 e. The number of nitrogens with zero attached hydrogens (tertiary/aromatic N) is 5. The van der Waals surface area contributed by atoms with Gasteiger partial charge in [-0.1, -0.05) is 29.8 Å². The number of pyridine rings is 1. The van der Waals surface area contributed by atoms with Crippen molar-refractivity contribution in [2.45, 2.75) is 19.9 Å². The van der Waals surface area contributed by atoms with Crippen LogP contribution in [0.3, 0.4) is 0 Å². The fraction of sp³-hybridized carbons (Fsp3) is 0.154. The van der Waals surface area contributed by atoms with E-state index in [9.17, 15) is 4.79 Å². The molecular weight excluding hydrogens is 398 g/mol. The molecule has 0 aliphatic carbocycles. The van der Waals surface area contributed by atoms with E-state index in [1.54, 1.807) is 21.5 Å². The molecule has 158 valence electrons. The molecule has 0 amide bonds. The van der Waals surface area contributed by atoms with Gasteiger partial charge in [0.25, 0.3) is 5.56 Å². The summed E-state index contributed by atoms with van der Waals surface area (Å²) < 4.78 is 3.33. The molecule has 2 aromatic carbocycles. The smallest absolute Gasteiger partial charge is 0.266 e. The Morgan fingerprint density at radius 1 is 0.906 bits per heavy atom. The molecule has 0 unspecified atom stereocenters. The van der Waals surface area contributed by atoms with Gasteiger partial charge in [-0.05, 0) is 49.2 Å². The molecule has 0 spiro atoms. The van der Waals surface area contributed by atoms with Crippen molar-refractivity contribution in [1.82, 2.24) is 24.5 Å².